The van der Waals surface area contributed by atoms with Gasteiger partial charge < -0.3 is 25.4 Å². The summed E-state index contributed by atoms with van der Waals surface area (Å²) in [5, 5.41) is 8.36. The number of para-hydroxylation sites is 1. The molecule has 0 atom stereocenters. The van der Waals surface area contributed by atoms with Crippen molar-refractivity contribution in [2.75, 3.05) is 17.7 Å². The van der Waals surface area contributed by atoms with Gasteiger partial charge in [0, 0.05) is 17.8 Å². The van der Waals surface area contributed by atoms with Gasteiger partial charge >= 0.3 is 6.03 Å². The van der Waals surface area contributed by atoms with Crippen LogP contribution in [0.1, 0.15) is 49.9 Å². The summed E-state index contributed by atoms with van der Waals surface area (Å²) in [6.07, 6.45) is 4.55. The lowest BCUT2D eigenvalue weighted by atomic mass is 10.1. The molecule has 0 spiro atoms. The largest absolute Gasteiger partial charge is 0.493 e. The van der Waals surface area contributed by atoms with Crippen LogP contribution in [0.3, 0.4) is 0 Å². The molecule has 0 unspecified atom stereocenters. The van der Waals surface area contributed by atoms with E-state index in [4.69, 9.17) is 9.47 Å². The van der Waals surface area contributed by atoms with Crippen LogP contribution in [0.5, 0.6) is 11.5 Å². The summed E-state index contributed by atoms with van der Waals surface area (Å²) in [6, 6.07) is 11.8. The third kappa shape index (κ3) is 5.65. The quantitative estimate of drug-likeness (QED) is 0.611. The van der Waals surface area contributed by atoms with Gasteiger partial charge in [-0.15, -0.1) is 0 Å². The predicted octanol–water partition coefficient (Wildman–Crippen LogP) is 4.80. The first-order valence-electron chi connectivity index (χ1n) is 10.3. The Balaban J connectivity index is 1.75. The monoisotopic (exact) mass is 411 g/mol. The Labute approximate surface area is 177 Å². The van der Waals surface area contributed by atoms with Gasteiger partial charge in [0.05, 0.1) is 24.5 Å². The summed E-state index contributed by atoms with van der Waals surface area (Å²) in [6.45, 7) is 3.74. The molecular formula is C23H29N3O4. The number of hydrogen-bond acceptors (Lipinski definition) is 4. The van der Waals surface area contributed by atoms with Gasteiger partial charge in [-0.1, -0.05) is 12.1 Å². The molecule has 1 saturated carbocycles. The first-order chi connectivity index (χ1) is 14.5. The fourth-order valence-electron chi connectivity index (χ4n) is 3.44. The fraction of sp³-hybridized carbons (Fsp3) is 0.391. The number of hydrogen-bond donors (Lipinski definition) is 3. The van der Waals surface area contributed by atoms with Crippen LogP contribution in [0.4, 0.5) is 16.2 Å². The zero-order valence-electron chi connectivity index (χ0n) is 17.7. The van der Waals surface area contributed by atoms with Gasteiger partial charge in [-0.3, -0.25) is 4.79 Å². The predicted molar refractivity (Wildman–Crippen MR) is 118 cm³/mol. The number of nitrogens with one attached hydrogen (secondary N) is 3. The normalized spacial score (nSPS) is 13.7. The van der Waals surface area contributed by atoms with E-state index < -0.39 is 0 Å². The van der Waals surface area contributed by atoms with E-state index in [9.17, 15) is 9.59 Å². The van der Waals surface area contributed by atoms with Gasteiger partial charge in [0.2, 0.25) is 0 Å². The molecule has 0 bridgehead atoms. The first kappa shape index (κ1) is 21.5. The lowest BCUT2D eigenvalue weighted by molar-refractivity contribution is 0.102. The number of carbonyl (C=O) groups excluding carboxylic acids is 2. The number of urea groups is 1. The minimum absolute atomic E-state index is 0.0106. The van der Waals surface area contributed by atoms with Gasteiger partial charge in [0.25, 0.3) is 5.91 Å². The summed E-state index contributed by atoms with van der Waals surface area (Å²) >= 11 is 0. The number of rotatable bonds is 7. The molecule has 2 aromatic carbocycles. The lowest BCUT2D eigenvalue weighted by Crippen LogP contribution is -2.34. The molecule has 0 aromatic heterocycles. The van der Waals surface area contributed by atoms with Crippen LogP contribution < -0.4 is 25.4 Å². The molecule has 0 saturated heterocycles. The van der Waals surface area contributed by atoms with E-state index in [1.165, 1.54) is 0 Å². The van der Waals surface area contributed by atoms with Crippen molar-refractivity contribution in [3.05, 3.63) is 48.0 Å². The maximum absolute atomic E-state index is 12.9. The first-order valence-corrected chi connectivity index (χ1v) is 10.3. The molecule has 1 aliphatic rings. The molecule has 1 aliphatic carbocycles. The Morgan fingerprint density at radius 1 is 1.00 bits per heavy atom. The zero-order chi connectivity index (χ0) is 21.5. The van der Waals surface area contributed by atoms with E-state index in [0.717, 1.165) is 25.7 Å². The Morgan fingerprint density at radius 2 is 1.73 bits per heavy atom. The third-order valence-electron chi connectivity index (χ3n) is 4.86. The Hall–Kier alpha value is -3.22. The summed E-state index contributed by atoms with van der Waals surface area (Å²) < 4.78 is 11.5. The van der Waals surface area contributed by atoms with Crippen molar-refractivity contribution in [2.24, 2.45) is 0 Å². The van der Waals surface area contributed by atoms with Crippen LogP contribution in [-0.4, -0.2) is 31.2 Å². The topological polar surface area (TPSA) is 88.7 Å². The molecule has 7 nitrogen and oxygen atoms in total. The molecule has 2 aromatic rings. The number of amides is 3. The Morgan fingerprint density at radius 3 is 2.43 bits per heavy atom. The molecule has 3 N–H and O–H groups in total. The van der Waals surface area contributed by atoms with Gasteiger partial charge in [0.15, 0.2) is 11.5 Å². The van der Waals surface area contributed by atoms with E-state index in [2.05, 4.69) is 16.0 Å². The SMILES string of the molecule is COc1ccc(NC(=O)c2ccccc2NC(=O)NC(C)C)cc1OC1CCCC1. The van der Waals surface area contributed by atoms with Crippen LogP contribution >= 0.6 is 0 Å². The Kier molecular flexibility index (Phi) is 7.17. The lowest BCUT2D eigenvalue weighted by Gasteiger charge is -2.17. The van der Waals surface area contributed by atoms with Gasteiger partial charge in [0.1, 0.15) is 0 Å². The standard InChI is InChI=1S/C23H29N3O4/c1-15(2)24-23(28)26-19-11-7-6-10-18(19)22(27)25-16-12-13-20(29-3)21(14-16)30-17-8-4-5-9-17/h6-7,10-15,17H,4-5,8-9H2,1-3H3,(H,25,27)(H2,24,26,28). The molecule has 0 aliphatic heterocycles. The van der Waals surface area contributed by atoms with Crippen molar-refractivity contribution < 1.29 is 19.1 Å². The van der Waals surface area contributed by atoms with Gasteiger partial charge in [-0.05, 0) is 63.8 Å². The molecule has 0 radical (unpaired) electrons. The second-order valence-corrected chi connectivity index (χ2v) is 7.64. The highest BCUT2D eigenvalue weighted by Crippen LogP contribution is 2.34. The van der Waals surface area contributed by atoms with E-state index >= 15 is 0 Å². The minimum atomic E-state index is -0.359. The van der Waals surface area contributed by atoms with Crippen molar-refractivity contribution in [1.29, 1.82) is 0 Å². The van der Waals surface area contributed by atoms with Crippen molar-refractivity contribution in [3.8, 4) is 11.5 Å². The van der Waals surface area contributed by atoms with Crippen LogP contribution in [-0.2, 0) is 0 Å². The number of benzene rings is 2. The fourth-order valence-corrected chi connectivity index (χ4v) is 3.44. The van der Waals surface area contributed by atoms with E-state index in [-0.39, 0.29) is 24.1 Å². The second-order valence-electron chi connectivity index (χ2n) is 7.64. The molecule has 3 amide bonds. The van der Waals surface area contributed by atoms with E-state index in [1.807, 2.05) is 13.8 Å². The molecular weight excluding hydrogens is 382 g/mol. The highest BCUT2D eigenvalue weighted by molar-refractivity contribution is 6.10. The van der Waals surface area contributed by atoms with Gasteiger partial charge in [-0.25, -0.2) is 4.79 Å². The summed E-state index contributed by atoms with van der Waals surface area (Å²) in [5.74, 6) is 0.921. The Bertz CT molecular complexity index is 892. The second kappa shape index (κ2) is 10.0. The number of anilines is 2. The summed E-state index contributed by atoms with van der Waals surface area (Å²) in [5.41, 5.74) is 1.39. The number of carbonyl (C=O) groups is 2. The molecule has 30 heavy (non-hydrogen) atoms. The number of ether oxygens (including phenoxy) is 2. The molecule has 3 rings (SSSR count). The van der Waals surface area contributed by atoms with Crippen molar-refractivity contribution in [1.82, 2.24) is 5.32 Å². The van der Waals surface area contributed by atoms with Crippen LogP contribution in [0.2, 0.25) is 0 Å². The van der Waals surface area contributed by atoms with E-state index in [1.54, 1.807) is 49.6 Å². The number of methoxy groups -OCH3 is 1. The van der Waals surface area contributed by atoms with Crippen LogP contribution in [0, 0.1) is 0 Å². The van der Waals surface area contributed by atoms with Gasteiger partial charge in [-0.2, -0.15) is 0 Å². The smallest absolute Gasteiger partial charge is 0.319 e. The highest BCUT2D eigenvalue weighted by atomic mass is 16.5. The highest BCUT2D eigenvalue weighted by Gasteiger charge is 2.19. The van der Waals surface area contributed by atoms with Crippen molar-refractivity contribution in [2.45, 2.75) is 51.7 Å². The van der Waals surface area contributed by atoms with Crippen molar-refractivity contribution in [3.63, 3.8) is 0 Å². The molecule has 160 valence electrons. The third-order valence-corrected chi connectivity index (χ3v) is 4.86. The average Bonchev–Trinajstić information content (AvgIpc) is 3.21. The van der Waals surface area contributed by atoms with Crippen LogP contribution in [0.25, 0.3) is 0 Å². The van der Waals surface area contributed by atoms with E-state index in [0.29, 0.717) is 28.4 Å². The van der Waals surface area contributed by atoms with Crippen LogP contribution in [0.15, 0.2) is 42.5 Å². The minimum Gasteiger partial charge on any atom is -0.493 e. The summed E-state index contributed by atoms with van der Waals surface area (Å²) in [7, 11) is 1.60. The molecule has 7 heteroatoms. The maximum Gasteiger partial charge on any atom is 0.319 e. The maximum atomic E-state index is 12.9. The summed E-state index contributed by atoms with van der Waals surface area (Å²) in [4.78, 5) is 24.9. The molecule has 1 fully saturated rings. The zero-order valence-corrected chi connectivity index (χ0v) is 17.7. The average molecular weight is 412 g/mol. The molecule has 0 heterocycles. The van der Waals surface area contributed by atoms with Crippen molar-refractivity contribution >= 4 is 23.3 Å².